The zero-order chi connectivity index (χ0) is 22.8. The first kappa shape index (κ1) is 20.7. The normalized spacial score (nSPS) is 11.4. The maximum atomic E-state index is 13.3. The lowest BCUT2D eigenvalue weighted by Gasteiger charge is -2.12. The highest BCUT2D eigenvalue weighted by atomic mass is 32.2. The number of para-hydroxylation sites is 1. The number of benzene rings is 3. The van der Waals surface area contributed by atoms with Crippen molar-refractivity contribution < 1.29 is 13.2 Å². The molecule has 2 heterocycles. The van der Waals surface area contributed by atoms with Crippen LogP contribution in [0.1, 0.15) is 0 Å². The minimum atomic E-state index is -3.96. The molecule has 0 spiro atoms. The molecule has 0 aliphatic carbocycles. The molecule has 0 atom stereocenters. The fourth-order valence-electron chi connectivity index (χ4n) is 3.57. The quantitative estimate of drug-likeness (QED) is 0.378. The average Bonchev–Trinajstić information content (AvgIpc) is 3.21. The summed E-state index contributed by atoms with van der Waals surface area (Å²) in [6.45, 7) is 0. The van der Waals surface area contributed by atoms with Crippen molar-refractivity contribution in [3.05, 3.63) is 97.2 Å². The number of sulfonamides is 1. The van der Waals surface area contributed by atoms with E-state index >= 15 is 0 Å². The lowest BCUT2D eigenvalue weighted by Crippen LogP contribution is -2.16. The Kier molecular flexibility index (Phi) is 5.27. The molecule has 0 unspecified atom stereocenters. The first-order chi connectivity index (χ1) is 16.0. The van der Waals surface area contributed by atoms with Crippen LogP contribution in [0, 0.1) is 0 Å². The van der Waals surface area contributed by atoms with Crippen LogP contribution in [0.3, 0.4) is 0 Å². The van der Waals surface area contributed by atoms with Crippen LogP contribution < -0.4 is 9.46 Å². The summed E-state index contributed by atoms with van der Waals surface area (Å²) in [5, 5.41) is 0.618. The molecule has 0 bridgehead atoms. The maximum Gasteiger partial charge on any atom is 0.264 e. The Labute approximate surface area is 191 Å². The molecule has 0 aliphatic rings. The molecule has 0 aliphatic heterocycles. The monoisotopic (exact) mass is 456 g/mol. The van der Waals surface area contributed by atoms with Crippen molar-refractivity contribution >= 4 is 26.9 Å². The summed E-state index contributed by atoms with van der Waals surface area (Å²) in [6.07, 6.45) is 1.82. The molecule has 0 radical (unpaired) electrons. The van der Waals surface area contributed by atoms with Gasteiger partial charge in [-0.05, 0) is 30.3 Å². The van der Waals surface area contributed by atoms with E-state index in [1.54, 1.807) is 36.4 Å². The second-order valence-corrected chi connectivity index (χ2v) is 9.07. The highest BCUT2D eigenvalue weighted by molar-refractivity contribution is 7.93. The molecule has 5 rings (SSSR count). The van der Waals surface area contributed by atoms with Gasteiger partial charge in [0.05, 0.1) is 10.6 Å². The molecule has 2 aromatic heterocycles. The predicted octanol–water partition coefficient (Wildman–Crippen LogP) is 5.23. The molecule has 0 fully saturated rings. The van der Waals surface area contributed by atoms with Gasteiger partial charge in [-0.3, -0.25) is 0 Å². The fraction of sp³-hybridized carbons (Fsp3) is 0.0400. The van der Waals surface area contributed by atoms with Crippen LogP contribution in [0.5, 0.6) is 11.6 Å². The average molecular weight is 457 g/mol. The van der Waals surface area contributed by atoms with Crippen LogP contribution >= 0.6 is 0 Å². The smallest absolute Gasteiger partial charge is 0.264 e. The Balaban J connectivity index is 1.57. The number of nitrogens with zero attached hydrogens (tertiary/aromatic N) is 3. The Hall–Kier alpha value is -4.17. The number of nitrogens with one attached hydrogen (secondary N) is 1. The molecule has 164 valence electrons. The van der Waals surface area contributed by atoms with Gasteiger partial charge in [0, 0.05) is 35.8 Å². The zero-order valence-corrected chi connectivity index (χ0v) is 18.5. The van der Waals surface area contributed by atoms with E-state index in [2.05, 4.69) is 14.7 Å². The topological polar surface area (TPSA) is 86.1 Å². The molecule has 3 aromatic carbocycles. The van der Waals surface area contributed by atoms with Crippen LogP contribution in [-0.4, -0.2) is 23.0 Å². The summed E-state index contributed by atoms with van der Waals surface area (Å²) in [5.74, 6) is 0.735. The predicted molar refractivity (Wildman–Crippen MR) is 128 cm³/mol. The van der Waals surface area contributed by atoms with Crippen molar-refractivity contribution in [2.45, 2.75) is 4.90 Å². The Morgan fingerprint density at radius 1 is 0.848 bits per heavy atom. The zero-order valence-electron chi connectivity index (χ0n) is 17.7. The van der Waals surface area contributed by atoms with E-state index in [0.29, 0.717) is 16.8 Å². The van der Waals surface area contributed by atoms with Gasteiger partial charge >= 0.3 is 0 Å². The van der Waals surface area contributed by atoms with Gasteiger partial charge < -0.3 is 9.30 Å². The molecule has 0 saturated carbocycles. The van der Waals surface area contributed by atoms with Gasteiger partial charge in [0.1, 0.15) is 5.75 Å². The third-order valence-corrected chi connectivity index (χ3v) is 6.53. The highest BCUT2D eigenvalue weighted by Gasteiger charge is 2.21. The van der Waals surface area contributed by atoms with Gasteiger partial charge in [0.2, 0.25) is 11.8 Å². The third-order valence-electron chi connectivity index (χ3n) is 5.14. The summed E-state index contributed by atoms with van der Waals surface area (Å²) >= 11 is 0. The second-order valence-electron chi connectivity index (χ2n) is 7.42. The number of aromatic nitrogens is 3. The van der Waals surface area contributed by atoms with E-state index in [1.807, 2.05) is 72.4 Å². The number of hydrogen-bond acceptors (Lipinski definition) is 5. The van der Waals surface area contributed by atoms with Gasteiger partial charge in [0.15, 0.2) is 0 Å². The van der Waals surface area contributed by atoms with Gasteiger partial charge in [0.25, 0.3) is 10.0 Å². The lowest BCUT2D eigenvalue weighted by atomic mass is 10.1. The summed E-state index contributed by atoms with van der Waals surface area (Å²) in [5.41, 5.74) is 2.15. The molecule has 0 saturated heterocycles. The van der Waals surface area contributed by atoms with Crippen molar-refractivity contribution in [1.82, 2.24) is 14.5 Å². The van der Waals surface area contributed by atoms with Crippen LogP contribution in [0.4, 0.5) is 5.95 Å². The van der Waals surface area contributed by atoms with E-state index < -0.39 is 10.0 Å². The van der Waals surface area contributed by atoms with Gasteiger partial charge in [-0.15, -0.1) is 0 Å². The van der Waals surface area contributed by atoms with Crippen molar-refractivity contribution in [1.29, 1.82) is 0 Å². The molecule has 1 N–H and O–H groups in total. The highest BCUT2D eigenvalue weighted by Crippen LogP contribution is 2.28. The third kappa shape index (κ3) is 4.28. The molecule has 8 heteroatoms. The van der Waals surface area contributed by atoms with Crippen molar-refractivity contribution in [3.63, 3.8) is 0 Å². The molecular formula is C25H20N4O3S. The Morgan fingerprint density at radius 2 is 1.58 bits per heavy atom. The molecule has 33 heavy (non-hydrogen) atoms. The number of rotatable bonds is 6. The van der Waals surface area contributed by atoms with E-state index in [9.17, 15) is 8.42 Å². The first-order valence-corrected chi connectivity index (χ1v) is 11.7. The minimum Gasteiger partial charge on any atom is -0.439 e. The summed E-state index contributed by atoms with van der Waals surface area (Å²) in [7, 11) is -2.09. The number of anilines is 1. The number of ether oxygens (including phenoxy) is 1. The summed E-state index contributed by atoms with van der Waals surface area (Å²) < 4.78 is 36.9. The Bertz CT molecular complexity index is 1530. The van der Waals surface area contributed by atoms with E-state index in [-0.39, 0.29) is 16.7 Å². The van der Waals surface area contributed by atoms with Crippen LogP contribution in [-0.2, 0) is 17.1 Å². The van der Waals surface area contributed by atoms with Crippen LogP contribution in [0.15, 0.2) is 102 Å². The largest absolute Gasteiger partial charge is 0.439 e. The second kappa shape index (κ2) is 8.40. The van der Waals surface area contributed by atoms with Crippen LogP contribution in [0.2, 0.25) is 0 Å². The first-order valence-electron chi connectivity index (χ1n) is 10.2. The number of aryl methyl sites for hydroxylation is 1. The summed E-state index contributed by atoms with van der Waals surface area (Å²) in [6, 6.07) is 27.2. The van der Waals surface area contributed by atoms with Crippen molar-refractivity contribution in [2.24, 2.45) is 7.05 Å². The van der Waals surface area contributed by atoms with Crippen molar-refractivity contribution in [2.75, 3.05) is 4.72 Å². The standard InChI is InChI=1S/C25H20N4O3S/c1-29-16-15-20-22(29)13-8-14-23(20)33(30,31)28-25-26-21(18-9-4-2-5-10-18)17-24(27-25)32-19-11-6-3-7-12-19/h2-17H,1H3,(H,26,27,28). The molecule has 5 aromatic rings. The maximum absolute atomic E-state index is 13.3. The van der Waals surface area contributed by atoms with E-state index in [4.69, 9.17) is 4.74 Å². The van der Waals surface area contributed by atoms with E-state index in [1.165, 1.54) is 0 Å². The Morgan fingerprint density at radius 3 is 2.33 bits per heavy atom. The lowest BCUT2D eigenvalue weighted by molar-refractivity contribution is 0.463. The molecular weight excluding hydrogens is 436 g/mol. The minimum absolute atomic E-state index is 0.0739. The van der Waals surface area contributed by atoms with Crippen LogP contribution in [0.25, 0.3) is 22.2 Å². The van der Waals surface area contributed by atoms with Gasteiger partial charge in [-0.2, -0.15) is 4.98 Å². The summed E-state index contributed by atoms with van der Waals surface area (Å²) in [4.78, 5) is 8.93. The number of hydrogen-bond donors (Lipinski definition) is 1. The van der Waals surface area contributed by atoms with E-state index in [0.717, 1.165) is 11.1 Å². The van der Waals surface area contributed by atoms with Gasteiger partial charge in [-0.1, -0.05) is 54.6 Å². The SMILES string of the molecule is Cn1ccc2c(S(=O)(=O)Nc3nc(Oc4ccccc4)cc(-c4ccccc4)n3)cccc21. The van der Waals surface area contributed by atoms with Gasteiger partial charge in [-0.25, -0.2) is 18.1 Å². The van der Waals surface area contributed by atoms with Crippen molar-refractivity contribution in [3.8, 4) is 22.9 Å². The number of fused-ring (bicyclic) bond motifs is 1. The fourth-order valence-corrected chi connectivity index (χ4v) is 4.73. The molecule has 0 amide bonds. The molecule has 7 nitrogen and oxygen atoms in total.